The summed E-state index contributed by atoms with van der Waals surface area (Å²) in [6.07, 6.45) is 10.2. The standard InChI is InChI=1S/C19H25Br/c1-2-13-3-5-17(6-4-13)18(20)19-10-14-7-15(11-19)9-16(8-14)12-19/h3-6,14-16,18H,2,7-12H2,1H3. The van der Waals surface area contributed by atoms with Crippen LogP contribution < -0.4 is 0 Å². The van der Waals surface area contributed by atoms with Crippen LogP contribution in [0.1, 0.15) is 61.4 Å². The number of hydrogen-bond donors (Lipinski definition) is 0. The van der Waals surface area contributed by atoms with Crippen LogP contribution in [-0.4, -0.2) is 0 Å². The van der Waals surface area contributed by atoms with Gasteiger partial charge in [-0.05, 0) is 79.2 Å². The zero-order chi connectivity index (χ0) is 13.7. The highest BCUT2D eigenvalue weighted by Gasteiger charge is 2.53. The molecular weight excluding hydrogens is 308 g/mol. The van der Waals surface area contributed by atoms with Crippen molar-refractivity contribution in [3.05, 3.63) is 35.4 Å². The molecule has 4 aliphatic rings. The molecule has 4 aliphatic carbocycles. The molecule has 20 heavy (non-hydrogen) atoms. The summed E-state index contributed by atoms with van der Waals surface area (Å²) < 4.78 is 0. The SMILES string of the molecule is CCc1ccc(C(Br)C23CC4CC(CC(C4)C2)C3)cc1. The van der Waals surface area contributed by atoms with Crippen LogP contribution >= 0.6 is 15.9 Å². The van der Waals surface area contributed by atoms with Gasteiger partial charge in [-0.1, -0.05) is 47.1 Å². The summed E-state index contributed by atoms with van der Waals surface area (Å²) in [5.74, 6) is 3.11. The Hall–Kier alpha value is -0.300. The molecule has 1 unspecified atom stereocenters. The van der Waals surface area contributed by atoms with Crippen molar-refractivity contribution in [1.29, 1.82) is 0 Å². The van der Waals surface area contributed by atoms with E-state index >= 15 is 0 Å². The molecular formula is C19H25Br. The minimum atomic E-state index is 0.572. The lowest BCUT2D eigenvalue weighted by atomic mass is 9.48. The molecule has 0 amide bonds. The molecule has 0 radical (unpaired) electrons. The van der Waals surface area contributed by atoms with E-state index in [4.69, 9.17) is 0 Å². The molecule has 4 fully saturated rings. The van der Waals surface area contributed by atoms with Crippen molar-refractivity contribution in [2.75, 3.05) is 0 Å². The lowest BCUT2D eigenvalue weighted by molar-refractivity contribution is -0.0528. The number of aryl methyl sites for hydroxylation is 1. The highest BCUT2D eigenvalue weighted by atomic mass is 79.9. The number of alkyl halides is 1. The summed E-state index contributed by atoms with van der Waals surface area (Å²) in [7, 11) is 0. The Morgan fingerprint density at radius 2 is 1.50 bits per heavy atom. The first kappa shape index (κ1) is 13.4. The van der Waals surface area contributed by atoms with Gasteiger partial charge in [-0.25, -0.2) is 0 Å². The van der Waals surface area contributed by atoms with Crippen molar-refractivity contribution in [2.45, 2.75) is 56.7 Å². The Balaban J connectivity index is 1.62. The van der Waals surface area contributed by atoms with E-state index in [1.54, 1.807) is 0 Å². The van der Waals surface area contributed by atoms with E-state index in [0.717, 1.165) is 24.2 Å². The molecule has 0 aromatic heterocycles. The minimum Gasteiger partial charge on any atom is -0.0833 e. The second kappa shape index (κ2) is 4.87. The number of halogens is 1. The summed E-state index contributed by atoms with van der Waals surface area (Å²) in [5, 5.41) is 0. The Morgan fingerprint density at radius 3 is 1.95 bits per heavy atom. The molecule has 0 aliphatic heterocycles. The summed E-state index contributed by atoms with van der Waals surface area (Å²) in [4.78, 5) is 0.578. The maximum absolute atomic E-state index is 4.12. The molecule has 4 saturated carbocycles. The number of benzene rings is 1. The van der Waals surface area contributed by atoms with Gasteiger partial charge in [-0.2, -0.15) is 0 Å². The van der Waals surface area contributed by atoms with Crippen molar-refractivity contribution >= 4 is 15.9 Å². The fraction of sp³-hybridized carbons (Fsp3) is 0.684. The largest absolute Gasteiger partial charge is 0.0833 e. The minimum absolute atomic E-state index is 0.572. The van der Waals surface area contributed by atoms with E-state index in [9.17, 15) is 0 Å². The number of hydrogen-bond acceptors (Lipinski definition) is 0. The van der Waals surface area contributed by atoms with Crippen molar-refractivity contribution in [3.8, 4) is 0 Å². The van der Waals surface area contributed by atoms with Crippen LogP contribution in [0, 0.1) is 23.2 Å². The van der Waals surface area contributed by atoms with Gasteiger partial charge >= 0.3 is 0 Å². The van der Waals surface area contributed by atoms with E-state index in [2.05, 4.69) is 47.1 Å². The van der Waals surface area contributed by atoms with Gasteiger partial charge in [-0.3, -0.25) is 0 Å². The molecule has 1 heteroatoms. The van der Waals surface area contributed by atoms with Gasteiger partial charge < -0.3 is 0 Å². The molecule has 5 rings (SSSR count). The van der Waals surface area contributed by atoms with Crippen LogP contribution in [0.3, 0.4) is 0 Å². The molecule has 0 heterocycles. The van der Waals surface area contributed by atoms with Gasteiger partial charge in [-0.15, -0.1) is 0 Å². The quantitative estimate of drug-likeness (QED) is 0.604. The zero-order valence-electron chi connectivity index (χ0n) is 12.4. The Kier molecular flexibility index (Phi) is 3.25. The highest BCUT2D eigenvalue weighted by Crippen LogP contribution is 2.65. The Labute approximate surface area is 131 Å². The molecule has 108 valence electrons. The summed E-state index contributed by atoms with van der Waals surface area (Å²) in [6.45, 7) is 2.24. The smallest absolute Gasteiger partial charge is 0.0451 e. The normalized spacial score (nSPS) is 40.0. The van der Waals surface area contributed by atoms with Gasteiger partial charge in [0.2, 0.25) is 0 Å². The van der Waals surface area contributed by atoms with Gasteiger partial charge in [0, 0.05) is 4.83 Å². The average molecular weight is 333 g/mol. The molecule has 0 nitrogen and oxygen atoms in total. The monoisotopic (exact) mass is 332 g/mol. The van der Waals surface area contributed by atoms with E-state index in [0.29, 0.717) is 10.2 Å². The maximum atomic E-state index is 4.12. The summed E-state index contributed by atoms with van der Waals surface area (Å²) in [6, 6.07) is 9.39. The predicted octanol–water partition coefficient (Wildman–Crippen LogP) is 5.90. The molecule has 1 atom stereocenters. The van der Waals surface area contributed by atoms with Crippen molar-refractivity contribution in [2.24, 2.45) is 23.2 Å². The summed E-state index contributed by atoms with van der Waals surface area (Å²) in [5.41, 5.74) is 3.55. The lowest BCUT2D eigenvalue weighted by Crippen LogP contribution is -2.47. The first-order valence-corrected chi connectivity index (χ1v) is 9.33. The van der Waals surface area contributed by atoms with Crippen molar-refractivity contribution in [3.63, 3.8) is 0 Å². The second-order valence-electron chi connectivity index (χ2n) is 7.74. The van der Waals surface area contributed by atoms with E-state index < -0.39 is 0 Å². The molecule has 0 spiro atoms. The first-order valence-electron chi connectivity index (χ1n) is 8.41. The molecule has 1 aromatic rings. The fourth-order valence-corrected chi connectivity index (χ4v) is 6.63. The molecule has 0 saturated heterocycles. The summed E-state index contributed by atoms with van der Waals surface area (Å²) >= 11 is 4.12. The van der Waals surface area contributed by atoms with Crippen LogP contribution in [0.5, 0.6) is 0 Å². The third-order valence-electron chi connectivity index (χ3n) is 6.30. The first-order chi connectivity index (χ1) is 9.68. The Morgan fingerprint density at radius 1 is 1.00 bits per heavy atom. The maximum Gasteiger partial charge on any atom is 0.0451 e. The topological polar surface area (TPSA) is 0 Å². The van der Waals surface area contributed by atoms with Gasteiger partial charge in [0.25, 0.3) is 0 Å². The second-order valence-corrected chi connectivity index (χ2v) is 8.65. The van der Waals surface area contributed by atoms with E-state index in [1.807, 2.05) is 0 Å². The van der Waals surface area contributed by atoms with E-state index in [-0.39, 0.29) is 0 Å². The van der Waals surface area contributed by atoms with Gasteiger partial charge in [0.1, 0.15) is 0 Å². The average Bonchev–Trinajstić information content (AvgIpc) is 2.45. The third kappa shape index (κ3) is 2.08. The van der Waals surface area contributed by atoms with Gasteiger partial charge in [0.05, 0.1) is 0 Å². The van der Waals surface area contributed by atoms with E-state index in [1.165, 1.54) is 49.7 Å². The van der Waals surface area contributed by atoms with Gasteiger partial charge in [0.15, 0.2) is 0 Å². The van der Waals surface area contributed by atoms with Crippen LogP contribution in [0.25, 0.3) is 0 Å². The molecule has 0 N–H and O–H groups in total. The molecule has 1 aromatic carbocycles. The lowest BCUT2D eigenvalue weighted by Gasteiger charge is -2.58. The van der Waals surface area contributed by atoms with Crippen LogP contribution in [0.2, 0.25) is 0 Å². The predicted molar refractivity (Wildman–Crippen MR) is 88.1 cm³/mol. The Bertz CT molecular complexity index is 452. The highest BCUT2D eigenvalue weighted by molar-refractivity contribution is 9.09. The molecule has 4 bridgehead atoms. The van der Waals surface area contributed by atoms with Crippen molar-refractivity contribution < 1.29 is 0 Å². The van der Waals surface area contributed by atoms with Crippen LogP contribution in [0.15, 0.2) is 24.3 Å². The van der Waals surface area contributed by atoms with Crippen LogP contribution in [-0.2, 0) is 6.42 Å². The third-order valence-corrected chi connectivity index (χ3v) is 7.80. The van der Waals surface area contributed by atoms with Crippen molar-refractivity contribution in [1.82, 2.24) is 0 Å². The van der Waals surface area contributed by atoms with Crippen LogP contribution in [0.4, 0.5) is 0 Å². The zero-order valence-corrected chi connectivity index (χ0v) is 14.0. The fourth-order valence-electron chi connectivity index (χ4n) is 5.76. The number of rotatable bonds is 3.